The minimum Gasteiger partial charge on any atom is -0.421 e. The predicted molar refractivity (Wildman–Crippen MR) is 51.6 cm³/mol. The molecule has 0 fully saturated rings. The van der Waals surface area contributed by atoms with Crippen LogP contribution >= 0.6 is 0 Å². The summed E-state index contributed by atoms with van der Waals surface area (Å²) in [7, 11) is 0. The van der Waals surface area contributed by atoms with E-state index in [0.29, 0.717) is 5.58 Å². The molecule has 0 radical (unpaired) electrons. The molecule has 0 aliphatic rings. The highest BCUT2D eigenvalue weighted by atomic mass is 16.4. The number of rotatable bonds is 0. The van der Waals surface area contributed by atoms with Crippen LogP contribution in [0.25, 0.3) is 11.0 Å². The van der Waals surface area contributed by atoms with Crippen LogP contribution in [0.15, 0.2) is 33.5 Å². The molecule has 1 heterocycles. The minimum atomic E-state index is -0.476. The molecule has 2 N–H and O–H groups in total. The van der Waals surface area contributed by atoms with Crippen LogP contribution in [0.5, 0.6) is 0 Å². The summed E-state index contributed by atoms with van der Waals surface area (Å²) < 4.78 is 4.97. The van der Waals surface area contributed by atoms with Gasteiger partial charge in [0.25, 0.3) is 0 Å². The molecule has 0 unspecified atom stereocenters. The van der Waals surface area contributed by atoms with Crippen molar-refractivity contribution in [1.82, 2.24) is 0 Å². The first kappa shape index (κ1) is 7.86. The Kier molecular flexibility index (Phi) is 1.59. The molecule has 3 nitrogen and oxygen atoms in total. The summed E-state index contributed by atoms with van der Waals surface area (Å²) >= 11 is 0. The van der Waals surface area contributed by atoms with E-state index < -0.39 is 5.63 Å². The van der Waals surface area contributed by atoms with Crippen LogP contribution in [0.2, 0.25) is 0 Å². The Bertz CT molecular complexity index is 514. The third-order valence-corrected chi connectivity index (χ3v) is 1.91. The zero-order valence-electron chi connectivity index (χ0n) is 7.20. The Balaban J connectivity index is 2.89. The zero-order chi connectivity index (χ0) is 9.42. The van der Waals surface area contributed by atoms with Gasteiger partial charge in [-0.05, 0) is 25.1 Å². The summed E-state index contributed by atoms with van der Waals surface area (Å²) in [4.78, 5) is 11.0. The fourth-order valence-corrected chi connectivity index (χ4v) is 1.26. The predicted octanol–water partition coefficient (Wildman–Crippen LogP) is 1.68. The van der Waals surface area contributed by atoms with Crippen LogP contribution in [0.4, 0.5) is 5.69 Å². The molecule has 0 spiro atoms. The van der Waals surface area contributed by atoms with E-state index in [-0.39, 0.29) is 5.69 Å². The number of hydrogen-bond acceptors (Lipinski definition) is 3. The van der Waals surface area contributed by atoms with Crippen LogP contribution in [0.1, 0.15) is 5.56 Å². The lowest BCUT2D eigenvalue weighted by molar-refractivity contribution is 0.564. The Labute approximate surface area is 74.8 Å². The fourth-order valence-electron chi connectivity index (χ4n) is 1.26. The second-order valence-electron chi connectivity index (χ2n) is 3.03. The van der Waals surface area contributed by atoms with E-state index in [1.165, 1.54) is 0 Å². The molecule has 0 aliphatic heterocycles. The summed E-state index contributed by atoms with van der Waals surface area (Å²) in [6.45, 7) is 1.97. The van der Waals surface area contributed by atoms with Crippen molar-refractivity contribution in [2.75, 3.05) is 5.73 Å². The number of aryl methyl sites for hydroxylation is 1. The summed E-state index contributed by atoms with van der Waals surface area (Å²) in [5, 5.41) is 0.858. The third kappa shape index (κ3) is 1.28. The van der Waals surface area contributed by atoms with E-state index in [1.807, 2.05) is 19.1 Å². The molecule has 13 heavy (non-hydrogen) atoms. The highest BCUT2D eigenvalue weighted by molar-refractivity contribution is 5.79. The highest BCUT2D eigenvalue weighted by Crippen LogP contribution is 2.15. The second kappa shape index (κ2) is 2.62. The van der Waals surface area contributed by atoms with Gasteiger partial charge < -0.3 is 10.2 Å². The average Bonchev–Trinajstić information content (AvgIpc) is 2.08. The first-order valence-electron chi connectivity index (χ1n) is 3.97. The number of nitrogen functional groups attached to an aromatic ring is 1. The number of benzene rings is 1. The molecule has 66 valence electrons. The molecule has 2 rings (SSSR count). The molecule has 0 saturated carbocycles. The van der Waals surface area contributed by atoms with Gasteiger partial charge in [0.05, 0.1) is 0 Å². The van der Waals surface area contributed by atoms with Gasteiger partial charge in [-0.1, -0.05) is 11.6 Å². The van der Waals surface area contributed by atoms with Crippen LogP contribution in [0.3, 0.4) is 0 Å². The zero-order valence-corrected chi connectivity index (χ0v) is 7.20. The van der Waals surface area contributed by atoms with Crippen molar-refractivity contribution in [3.8, 4) is 0 Å². The Morgan fingerprint density at radius 2 is 2.08 bits per heavy atom. The highest BCUT2D eigenvalue weighted by Gasteiger charge is 2.00. The van der Waals surface area contributed by atoms with Crippen molar-refractivity contribution >= 4 is 16.7 Å². The lowest BCUT2D eigenvalue weighted by atomic mass is 10.1. The molecule has 0 aliphatic carbocycles. The largest absolute Gasteiger partial charge is 0.421 e. The fraction of sp³-hybridized carbons (Fsp3) is 0.100. The molecule has 0 amide bonds. The topological polar surface area (TPSA) is 56.2 Å². The van der Waals surface area contributed by atoms with E-state index in [1.54, 1.807) is 12.1 Å². The quantitative estimate of drug-likeness (QED) is 0.620. The molecule has 1 aromatic carbocycles. The number of nitrogens with two attached hydrogens (primary N) is 1. The van der Waals surface area contributed by atoms with Crippen molar-refractivity contribution in [3.63, 3.8) is 0 Å². The third-order valence-electron chi connectivity index (χ3n) is 1.91. The summed E-state index contributed by atoms with van der Waals surface area (Å²) in [6.07, 6.45) is 0. The van der Waals surface area contributed by atoms with Gasteiger partial charge in [-0.2, -0.15) is 0 Å². The maximum Gasteiger partial charge on any atom is 0.359 e. The standard InChI is InChI=1S/C10H9NO2/c1-6-2-3-9-7(4-6)5-8(11)10(12)13-9/h2-5H,11H2,1H3. The first-order valence-corrected chi connectivity index (χ1v) is 3.97. The van der Waals surface area contributed by atoms with Crippen LogP contribution < -0.4 is 11.4 Å². The maximum absolute atomic E-state index is 11.0. The summed E-state index contributed by atoms with van der Waals surface area (Å²) in [6, 6.07) is 7.22. The molecule has 0 saturated heterocycles. The van der Waals surface area contributed by atoms with Gasteiger partial charge in [0, 0.05) is 5.39 Å². The lowest BCUT2D eigenvalue weighted by Crippen LogP contribution is -2.05. The number of fused-ring (bicyclic) bond motifs is 1. The Hall–Kier alpha value is -1.77. The van der Waals surface area contributed by atoms with Crippen molar-refractivity contribution in [2.24, 2.45) is 0 Å². The normalized spacial score (nSPS) is 10.5. The van der Waals surface area contributed by atoms with Crippen molar-refractivity contribution < 1.29 is 4.42 Å². The van der Waals surface area contributed by atoms with E-state index in [4.69, 9.17) is 10.2 Å². The monoisotopic (exact) mass is 175 g/mol. The number of hydrogen-bond donors (Lipinski definition) is 1. The Morgan fingerprint density at radius 1 is 1.31 bits per heavy atom. The molecule has 1 aromatic heterocycles. The molecule has 2 aromatic rings. The molecular weight excluding hydrogens is 166 g/mol. The smallest absolute Gasteiger partial charge is 0.359 e. The minimum absolute atomic E-state index is 0.151. The van der Waals surface area contributed by atoms with Gasteiger partial charge >= 0.3 is 5.63 Å². The van der Waals surface area contributed by atoms with Crippen molar-refractivity contribution in [3.05, 3.63) is 40.2 Å². The van der Waals surface area contributed by atoms with Crippen LogP contribution in [0, 0.1) is 6.92 Å². The van der Waals surface area contributed by atoms with Gasteiger partial charge in [-0.3, -0.25) is 0 Å². The van der Waals surface area contributed by atoms with E-state index in [9.17, 15) is 4.79 Å². The molecule has 3 heteroatoms. The first-order chi connectivity index (χ1) is 6.16. The SMILES string of the molecule is Cc1ccc2oc(=O)c(N)cc2c1. The van der Waals surface area contributed by atoms with E-state index in [0.717, 1.165) is 10.9 Å². The number of anilines is 1. The average molecular weight is 175 g/mol. The van der Waals surface area contributed by atoms with Gasteiger partial charge in [0.1, 0.15) is 11.3 Å². The van der Waals surface area contributed by atoms with Gasteiger partial charge in [-0.25, -0.2) is 4.79 Å². The second-order valence-corrected chi connectivity index (χ2v) is 3.03. The van der Waals surface area contributed by atoms with Crippen LogP contribution in [-0.2, 0) is 0 Å². The van der Waals surface area contributed by atoms with Crippen molar-refractivity contribution in [2.45, 2.75) is 6.92 Å². The van der Waals surface area contributed by atoms with Gasteiger partial charge in [-0.15, -0.1) is 0 Å². The van der Waals surface area contributed by atoms with Crippen LogP contribution in [-0.4, -0.2) is 0 Å². The molecule has 0 bridgehead atoms. The maximum atomic E-state index is 11.0. The summed E-state index contributed by atoms with van der Waals surface area (Å²) in [5.41, 5.74) is 6.79. The van der Waals surface area contributed by atoms with E-state index >= 15 is 0 Å². The molecule has 0 atom stereocenters. The summed E-state index contributed by atoms with van der Waals surface area (Å²) in [5.74, 6) is 0. The van der Waals surface area contributed by atoms with E-state index in [2.05, 4.69) is 0 Å². The molecular formula is C10H9NO2. The Morgan fingerprint density at radius 3 is 2.85 bits per heavy atom. The van der Waals surface area contributed by atoms with Crippen molar-refractivity contribution in [1.29, 1.82) is 0 Å². The van der Waals surface area contributed by atoms with Gasteiger partial charge in [0.2, 0.25) is 0 Å². The lowest BCUT2D eigenvalue weighted by Gasteiger charge is -1.98. The van der Waals surface area contributed by atoms with Gasteiger partial charge in [0.15, 0.2) is 0 Å².